The van der Waals surface area contributed by atoms with Crippen molar-refractivity contribution in [1.82, 2.24) is 0 Å². The van der Waals surface area contributed by atoms with Gasteiger partial charge in [-0.1, -0.05) is 41.9 Å². The van der Waals surface area contributed by atoms with E-state index in [2.05, 4.69) is 5.32 Å². The Morgan fingerprint density at radius 1 is 1.06 bits per heavy atom. The molecule has 1 N–H and O–H groups in total. The molecule has 3 heteroatoms. The minimum atomic E-state index is -0.00100. The van der Waals surface area contributed by atoms with Crippen LogP contribution in [0.4, 0.5) is 5.69 Å². The van der Waals surface area contributed by atoms with Crippen molar-refractivity contribution in [3.63, 3.8) is 0 Å². The van der Waals surface area contributed by atoms with Gasteiger partial charge in [-0.3, -0.25) is 0 Å². The van der Waals surface area contributed by atoms with E-state index in [4.69, 9.17) is 23.2 Å². The first-order chi connectivity index (χ1) is 8.66. The fraction of sp³-hybridized carbons (Fsp3) is 0.200. The molecule has 0 radical (unpaired) electrons. The fourth-order valence-electron chi connectivity index (χ4n) is 1.80. The molecule has 1 nitrogen and oxygen atoms in total. The maximum absolute atomic E-state index is 6.15. The standard InChI is InChI=1S/C15H15Cl2N/c1-11(16)14-4-2-3-5-15(14)18-10-12-6-8-13(17)9-7-12/h2-9,11,18H,10H2,1H3. The smallest absolute Gasteiger partial charge is 0.0577 e. The first kappa shape index (κ1) is 13.3. The van der Waals surface area contributed by atoms with E-state index < -0.39 is 0 Å². The Bertz CT molecular complexity index is 506. The van der Waals surface area contributed by atoms with Crippen LogP contribution in [0.25, 0.3) is 0 Å². The van der Waals surface area contributed by atoms with Gasteiger partial charge in [0.05, 0.1) is 5.38 Å². The Labute approximate surface area is 118 Å². The molecule has 0 aliphatic rings. The van der Waals surface area contributed by atoms with Crippen molar-refractivity contribution in [2.45, 2.75) is 18.8 Å². The van der Waals surface area contributed by atoms with Gasteiger partial charge in [-0.2, -0.15) is 0 Å². The molecule has 0 aliphatic carbocycles. The highest BCUT2D eigenvalue weighted by Crippen LogP contribution is 2.27. The van der Waals surface area contributed by atoms with Gasteiger partial charge < -0.3 is 5.32 Å². The number of anilines is 1. The number of halogens is 2. The van der Waals surface area contributed by atoms with Gasteiger partial charge in [-0.15, -0.1) is 11.6 Å². The Morgan fingerprint density at radius 3 is 2.39 bits per heavy atom. The summed E-state index contributed by atoms with van der Waals surface area (Å²) in [6.45, 7) is 2.74. The van der Waals surface area contributed by atoms with Crippen molar-refractivity contribution in [1.29, 1.82) is 0 Å². The van der Waals surface area contributed by atoms with Gasteiger partial charge in [0.25, 0.3) is 0 Å². The molecular weight excluding hydrogens is 265 g/mol. The average molecular weight is 280 g/mol. The van der Waals surface area contributed by atoms with Crippen molar-refractivity contribution in [2.24, 2.45) is 0 Å². The van der Waals surface area contributed by atoms with Crippen LogP contribution in [0.2, 0.25) is 5.02 Å². The van der Waals surface area contributed by atoms with Gasteiger partial charge in [0.2, 0.25) is 0 Å². The normalized spacial score (nSPS) is 12.2. The monoisotopic (exact) mass is 279 g/mol. The molecule has 0 aromatic heterocycles. The van der Waals surface area contributed by atoms with E-state index in [1.54, 1.807) is 0 Å². The molecule has 2 rings (SSSR count). The number of alkyl halides is 1. The van der Waals surface area contributed by atoms with E-state index in [0.717, 1.165) is 22.8 Å². The Morgan fingerprint density at radius 2 is 1.72 bits per heavy atom. The third-order valence-corrected chi connectivity index (χ3v) is 3.27. The van der Waals surface area contributed by atoms with Gasteiger partial charge in [-0.25, -0.2) is 0 Å². The summed E-state index contributed by atoms with van der Waals surface area (Å²) < 4.78 is 0. The summed E-state index contributed by atoms with van der Waals surface area (Å²) in [6.07, 6.45) is 0. The zero-order valence-electron chi connectivity index (χ0n) is 10.2. The topological polar surface area (TPSA) is 12.0 Å². The van der Waals surface area contributed by atoms with Gasteiger partial charge in [0.15, 0.2) is 0 Å². The highest BCUT2D eigenvalue weighted by atomic mass is 35.5. The summed E-state index contributed by atoms with van der Waals surface area (Å²) in [5.41, 5.74) is 3.39. The SMILES string of the molecule is CC(Cl)c1ccccc1NCc1ccc(Cl)cc1. The van der Waals surface area contributed by atoms with Crippen molar-refractivity contribution in [3.05, 3.63) is 64.7 Å². The number of para-hydroxylation sites is 1. The molecule has 0 fully saturated rings. The summed E-state index contributed by atoms with van der Waals surface area (Å²) in [4.78, 5) is 0. The van der Waals surface area contributed by atoms with Crippen LogP contribution < -0.4 is 5.32 Å². The molecule has 0 saturated carbocycles. The average Bonchev–Trinajstić information content (AvgIpc) is 2.38. The molecule has 0 heterocycles. The molecule has 1 atom stereocenters. The molecular formula is C15H15Cl2N. The van der Waals surface area contributed by atoms with E-state index in [1.807, 2.05) is 55.5 Å². The molecule has 0 amide bonds. The zero-order valence-corrected chi connectivity index (χ0v) is 11.7. The van der Waals surface area contributed by atoms with Crippen LogP contribution in [-0.2, 0) is 6.54 Å². The van der Waals surface area contributed by atoms with E-state index in [-0.39, 0.29) is 5.38 Å². The van der Waals surface area contributed by atoms with Gasteiger partial charge in [0.1, 0.15) is 0 Å². The number of benzene rings is 2. The molecule has 2 aromatic carbocycles. The lowest BCUT2D eigenvalue weighted by Crippen LogP contribution is -2.02. The second-order valence-corrected chi connectivity index (χ2v) is 5.27. The Hall–Kier alpha value is -1.18. The molecule has 0 spiro atoms. The minimum Gasteiger partial charge on any atom is -0.381 e. The molecule has 1 unspecified atom stereocenters. The van der Waals surface area contributed by atoms with Crippen LogP contribution in [0.5, 0.6) is 0 Å². The highest BCUT2D eigenvalue weighted by molar-refractivity contribution is 6.30. The number of hydrogen-bond donors (Lipinski definition) is 1. The predicted molar refractivity (Wildman–Crippen MR) is 79.5 cm³/mol. The van der Waals surface area contributed by atoms with Gasteiger partial charge >= 0.3 is 0 Å². The second kappa shape index (κ2) is 6.12. The van der Waals surface area contributed by atoms with Crippen LogP contribution >= 0.6 is 23.2 Å². The van der Waals surface area contributed by atoms with Gasteiger partial charge in [0, 0.05) is 17.3 Å². The van der Waals surface area contributed by atoms with Crippen LogP contribution in [0.3, 0.4) is 0 Å². The zero-order chi connectivity index (χ0) is 13.0. The predicted octanol–water partition coefficient (Wildman–Crippen LogP) is 5.25. The Kier molecular flexibility index (Phi) is 4.51. The van der Waals surface area contributed by atoms with Crippen molar-refractivity contribution >= 4 is 28.9 Å². The maximum atomic E-state index is 6.15. The molecule has 0 saturated heterocycles. The molecule has 2 aromatic rings. The third kappa shape index (κ3) is 3.41. The lowest BCUT2D eigenvalue weighted by Gasteiger charge is -2.13. The maximum Gasteiger partial charge on any atom is 0.0577 e. The lowest BCUT2D eigenvalue weighted by molar-refractivity contribution is 1.06. The van der Waals surface area contributed by atoms with Crippen LogP contribution in [0, 0.1) is 0 Å². The summed E-state index contributed by atoms with van der Waals surface area (Å²) in [5.74, 6) is 0. The minimum absolute atomic E-state index is 0.00100. The summed E-state index contributed by atoms with van der Waals surface area (Å²) in [7, 11) is 0. The van der Waals surface area contributed by atoms with Gasteiger partial charge in [-0.05, 0) is 36.2 Å². The second-order valence-electron chi connectivity index (χ2n) is 4.18. The highest BCUT2D eigenvalue weighted by Gasteiger charge is 2.06. The fourth-order valence-corrected chi connectivity index (χ4v) is 2.12. The number of hydrogen-bond acceptors (Lipinski definition) is 1. The first-order valence-corrected chi connectivity index (χ1v) is 6.69. The summed E-state index contributed by atoms with van der Waals surface area (Å²) in [6, 6.07) is 15.9. The largest absolute Gasteiger partial charge is 0.381 e. The van der Waals surface area contributed by atoms with Crippen molar-refractivity contribution in [3.8, 4) is 0 Å². The molecule has 94 valence electrons. The first-order valence-electron chi connectivity index (χ1n) is 5.88. The molecule has 0 bridgehead atoms. The summed E-state index contributed by atoms with van der Waals surface area (Å²) in [5, 5.41) is 4.16. The van der Waals surface area contributed by atoms with E-state index in [0.29, 0.717) is 0 Å². The van der Waals surface area contributed by atoms with Crippen molar-refractivity contribution < 1.29 is 0 Å². The quantitative estimate of drug-likeness (QED) is 0.754. The van der Waals surface area contributed by atoms with Crippen LogP contribution in [0.1, 0.15) is 23.4 Å². The van der Waals surface area contributed by atoms with Crippen LogP contribution in [-0.4, -0.2) is 0 Å². The Balaban J connectivity index is 2.08. The van der Waals surface area contributed by atoms with Crippen molar-refractivity contribution in [2.75, 3.05) is 5.32 Å². The number of rotatable bonds is 4. The van der Waals surface area contributed by atoms with E-state index in [1.165, 1.54) is 5.56 Å². The van der Waals surface area contributed by atoms with E-state index in [9.17, 15) is 0 Å². The third-order valence-electron chi connectivity index (χ3n) is 2.79. The molecule has 18 heavy (non-hydrogen) atoms. The lowest BCUT2D eigenvalue weighted by atomic mass is 10.1. The summed E-state index contributed by atoms with van der Waals surface area (Å²) >= 11 is 12.0. The number of nitrogens with one attached hydrogen (secondary N) is 1. The van der Waals surface area contributed by atoms with E-state index >= 15 is 0 Å². The van der Waals surface area contributed by atoms with Crippen LogP contribution in [0.15, 0.2) is 48.5 Å². The molecule has 0 aliphatic heterocycles.